The predicted octanol–water partition coefficient (Wildman–Crippen LogP) is 4.73. The van der Waals surface area contributed by atoms with Gasteiger partial charge in [-0.3, -0.25) is 4.79 Å². The monoisotopic (exact) mass is 464 g/mol. The molecule has 1 saturated heterocycles. The molecule has 8 heteroatoms. The zero-order chi connectivity index (χ0) is 22.4. The molecule has 2 aromatic carbocycles. The topological polar surface area (TPSA) is 75.7 Å². The number of nitrogens with one attached hydrogen (secondary N) is 1. The molecule has 6 nitrogen and oxygen atoms in total. The van der Waals surface area contributed by atoms with E-state index >= 15 is 0 Å². The van der Waals surface area contributed by atoms with E-state index in [0.717, 1.165) is 24.9 Å². The second-order valence-electron chi connectivity index (χ2n) is 7.79. The molecule has 0 radical (unpaired) electrons. The Balaban J connectivity index is 1.66. The number of anilines is 1. The van der Waals surface area contributed by atoms with Crippen LogP contribution in [0, 0.1) is 5.92 Å². The van der Waals surface area contributed by atoms with Gasteiger partial charge in [0.1, 0.15) is 5.75 Å². The second kappa shape index (κ2) is 10.5. The van der Waals surface area contributed by atoms with Crippen molar-refractivity contribution in [1.82, 2.24) is 4.31 Å². The first-order valence-corrected chi connectivity index (χ1v) is 12.4. The molecule has 1 heterocycles. The number of nitrogens with zero attached hydrogens (tertiary/aromatic N) is 1. The maximum atomic E-state index is 13.1. The summed E-state index contributed by atoms with van der Waals surface area (Å²) in [5.74, 6) is -0.150. The van der Waals surface area contributed by atoms with Crippen LogP contribution < -0.4 is 10.1 Å². The third kappa shape index (κ3) is 5.79. The summed E-state index contributed by atoms with van der Waals surface area (Å²) < 4.78 is 32.6. The SMILES string of the molecule is CCCCc1ccc(NC(=O)[C@@H]2CCCN(S(=O)(=O)c3ccc(OC)c(Cl)c3)C2)cc1. The zero-order valence-corrected chi connectivity index (χ0v) is 19.5. The molecule has 1 aliphatic heterocycles. The van der Waals surface area contributed by atoms with Crippen LogP contribution in [0.5, 0.6) is 5.75 Å². The van der Waals surface area contributed by atoms with Crippen LogP contribution in [-0.4, -0.2) is 38.8 Å². The van der Waals surface area contributed by atoms with Gasteiger partial charge in [0.2, 0.25) is 15.9 Å². The number of aryl methyl sites for hydroxylation is 1. The number of carbonyl (C=O) groups is 1. The van der Waals surface area contributed by atoms with E-state index in [1.54, 1.807) is 0 Å². The van der Waals surface area contributed by atoms with Crippen molar-refractivity contribution >= 4 is 33.2 Å². The Kier molecular flexibility index (Phi) is 7.97. The van der Waals surface area contributed by atoms with E-state index in [1.807, 2.05) is 24.3 Å². The van der Waals surface area contributed by atoms with E-state index in [0.29, 0.717) is 25.1 Å². The first kappa shape index (κ1) is 23.6. The summed E-state index contributed by atoms with van der Waals surface area (Å²) in [4.78, 5) is 12.9. The molecule has 0 saturated carbocycles. The Bertz CT molecular complexity index is 1010. The Morgan fingerprint density at radius 2 is 1.97 bits per heavy atom. The molecule has 1 amide bonds. The molecule has 1 atom stereocenters. The number of piperidine rings is 1. The fraction of sp³-hybridized carbons (Fsp3) is 0.435. The van der Waals surface area contributed by atoms with Crippen molar-refractivity contribution in [3.63, 3.8) is 0 Å². The molecular weight excluding hydrogens is 436 g/mol. The van der Waals surface area contributed by atoms with Crippen LogP contribution in [0.2, 0.25) is 5.02 Å². The van der Waals surface area contributed by atoms with Gasteiger partial charge in [-0.15, -0.1) is 0 Å². The van der Waals surface area contributed by atoms with Gasteiger partial charge in [-0.2, -0.15) is 4.31 Å². The lowest BCUT2D eigenvalue weighted by Gasteiger charge is -2.31. The van der Waals surface area contributed by atoms with Gasteiger partial charge in [-0.1, -0.05) is 37.1 Å². The van der Waals surface area contributed by atoms with Gasteiger partial charge in [0.05, 0.1) is 22.9 Å². The summed E-state index contributed by atoms with van der Waals surface area (Å²) >= 11 is 6.11. The van der Waals surface area contributed by atoms with Crippen LogP contribution in [0.25, 0.3) is 0 Å². The molecule has 1 aliphatic rings. The van der Waals surface area contributed by atoms with Crippen molar-refractivity contribution in [3.8, 4) is 5.75 Å². The second-order valence-corrected chi connectivity index (χ2v) is 10.1. The highest BCUT2D eigenvalue weighted by atomic mass is 35.5. The molecule has 0 bridgehead atoms. The van der Waals surface area contributed by atoms with Crippen LogP contribution >= 0.6 is 11.6 Å². The summed E-state index contributed by atoms with van der Waals surface area (Å²) in [5.41, 5.74) is 1.97. The van der Waals surface area contributed by atoms with Crippen molar-refractivity contribution in [1.29, 1.82) is 0 Å². The zero-order valence-electron chi connectivity index (χ0n) is 17.9. The normalized spacial score (nSPS) is 17.3. The van der Waals surface area contributed by atoms with E-state index in [1.165, 1.54) is 35.2 Å². The standard InChI is InChI=1S/C23H29ClN2O4S/c1-3-4-6-17-8-10-19(11-9-17)25-23(27)18-7-5-14-26(16-18)31(28,29)20-12-13-22(30-2)21(24)15-20/h8-13,15,18H,3-7,14,16H2,1-2H3,(H,25,27)/t18-/m1/s1. The lowest BCUT2D eigenvalue weighted by Crippen LogP contribution is -2.43. The largest absolute Gasteiger partial charge is 0.495 e. The molecule has 168 valence electrons. The number of hydrogen-bond donors (Lipinski definition) is 1. The molecule has 0 unspecified atom stereocenters. The minimum Gasteiger partial charge on any atom is -0.495 e. The number of sulfonamides is 1. The summed E-state index contributed by atoms with van der Waals surface area (Å²) in [6.45, 7) is 2.68. The highest BCUT2D eigenvalue weighted by Crippen LogP contribution is 2.30. The number of carbonyl (C=O) groups excluding carboxylic acids is 1. The van der Waals surface area contributed by atoms with Gasteiger partial charge in [0, 0.05) is 18.8 Å². The van der Waals surface area contributed by atoms with E-state index in [9.17, 15) is 13.2 Å². The smallest absolute Gasteiger partial charge is 0.243 e. The molecular formula is C23H29ClN2O4S. The fourth-order valence-electron chi connectivity index (χ4n) is 3.71. The van der Waals surface area contributed by atoms with E-state index < -0.39 is 15.9 Å². The van der Waals surface area contributed by atoms with Gasteiger partial charge in [0.15, 0.2) is 0 Å². The average Bonchev–Trinajstić information content (AvgIpc) is 2.78. The quantitative estimate of drug-likeness (QED) is 0.612. The van der Waals surface area contributed by atoms with Crippen LogP contribution in [-0.2, 0) is 21.2 Å². The van der Waals surface area contributed by atoms with Crippen LogP contribution in [0.1, 0.15) is 38.2 Å². The third-order valence-electron chi connectivity index (χ3n) is 5.56. The molecule has 0 spiro atoms. The highest BCUT2D eigenvalue weighted by molar-refractivity contribution is 7.89. The maximum Gasteiger partial charge on any atom is 0.243 e. The Morgan fingerprint density at radius 3 is 2.61 bits per heavy atom. The average molecular weight is 465 g/mol. The summed E-state index contributed by atoms with van der Waals surface area (Å²) in [6, 6.07) is 12.3. The van der Waals surface area contributed by atoms with Crippen molar-refractivity contribution in [2.75, 3.05) is 25.5 Å². The van der Waals surface area contributed by atoms with Crippen LogP contribution in [0.15, 0.2) is 47.4 Å². The summed E-state index contributed by atoms with van der Waals surface area (Å²) in [6.07, 6.45) is 4.57. The molecule has 31 heavy (non-hydrogen) atoms. The van der Waals surface area contributed by atoms with E-state index in [4.69, 9.17) is 16.3 Å². The number of halogens is 1. The molecule has 1 N–H and O–H groups in total. The summed E-state index contributed by atoms with van der Waals surface area (Å²) in [7, 11) is -2.28. The molecule has 0 aliphatic carbocycles. The predicted molar refractivity (Wildman–Crippen MR) is 123 cm³/mol. The Hall–Kier alpha value is -2.09. The molecule has 2 aromatic rings. The number of benzene rings is 2. The molecule has 0 aromatic heterocycles. The fourth-order valence-corrected chi connectivity index (χ4v) is 5.58. The minimum atomic E-state index is -3.75. The van der Waals surface area contributed by atoms with Crippen molar-refractivity contribution < 1.29 is 17.9 Å². The van der Waals surface area contributed by atoms with Crippen molar-refractivity contribution in [3.05, 3.63) is 53.1 Å². The first-order valence-electron chi connectivity index (χ1n) is 10.6. The van der Waals surface area contributed by atoms with E-state index in [-0.39, 0.29) is 22.4 Å². The minimum absolute atomic E-state index is 0.0991. The summed E-state index contributed by atoms with van der Waals surface area (Å²) in [5, 5.41) is 3.17. The number of ether oxygens (including phenoxy) is 1. The number of methoxy groups -OCH3 is 1. The van der Waals surface area contributed by atoms with Gasteiger partial charge in [-0.25, -0.2) is 8.42 Å². The van der Waals surface area contributed by atoms with Crippen LogP contribution in [0.4, 0.5) is 5.69 Å². The van der Waals surface area contributed by atoms with Gasteiger partial charge >= 0.3 is 0 Å². The van der Waals surface area contributed by atoms with Gasteiger partial charge in [0.25, 0.3) is 0 Å². The van der Waals surface area contributed by atoms with Crippen LogP contribution in [0.3, 0.4) is 0 Å². The number of unbranched alkanes of at least 4 members (excludes halogenated alkanes) is 1. The van der Waals surface area contributed by atoms with Gasteiger partial charge < -0.3 is 10.1 Å². The highest BCUT2D eigenvalue weighted by Gasteiger charge is 2.33. The third-order valence-corrected chi connectivity index (χ3v) is 7.71. The Labute approximate surface area is 189 Å². The molecule has 1 fully saturated rings. The maximum absolute atomic E-state index is 13.1. The first-order chi connectivity index (χ1) is 14.8. The lowest BCUT2D eigenvalue weighted by atomic mass is 9.98. The van der Waals surface area contributed by atoms with Crippen molar-refractivity contribution in [2.24, 2.45) is 5.92 Å². The molecule has 3 rings (SSSR count). The van der Waals surface area contributed by atoms with Gasteiger partial charge in [-0.05, 0) is 61.6 Å². The van der Waals surface area contributed by atoms with Crippen molar-refractivity contribution in [2.45, 2.75) is 43.9 Å². The van der Waals surface area contributed by atoms with E-state index in [2.05, 4.69) is 12.2 Å². The Morgan fingerprint density at radius 1 is 1.23 bits per heavy atom. The number of hydrogen-bond acceptors (Lipinski definition) is 4. The number of amides is 1. The lowest BCUT2D eigenvalue weighted by molar-refractivity contribution is -0.120. The number of rotatable bonds is 8.